The number of hydrogen-bond acceptors (Lipinski definition) is 8. The zero-order chi connectivity index (χ0) is 23.3. The SMILES string of the molecule is CCOC(=O)C1=CN(C2CC2)c2c(cc(N)c(N3CCC4=C(C3)/C(=N/O)C(C)CS4)c2C)C1. The summed E-state index contributed by atoms with van der Waals surface area (Å²) in [6.07, 6.45) is 5.71. The highest BCUT2D eigenvalue weighted by Gasteiger charge is 2.37. The van der Waals surface area contributed by atoms with Gasteiger partial charge in [-0.05, 0) is 55.2 Å². The lowest BCUT2D eigenvalue weighted by atomic mass is 9.92. The fraction of sp³-hybridized carbons (Fsp3) is 0.520. The van der Waals surface area contributed by atoms with E-state index in [1.807, 2.05) is 31.0 Å². The molecule has 1 fully saturated rings. The molecule has 1 atom stereocenters. The van der Waals surface area contributed by atoms with E-state index in [9.17, 15) is 10.0 Å². The molecule has 33 heavy (non-hydrogen) atoms. The van der Waals surface area contributed by atoms with Gasteiger partial charge in [0.15, 0.2) is 0 Å². The predicted molar refractivity (Wildman–Crippen MR) is 134 cm³/mol. The molecule has 176 valence electrons. The van der Waals surface area contributed by atoms with Crippen LogP contribution in [0.4, 0.5) is 17.1 Å². The zero-order valence-corrected chi connectivity index (χ0v) is 20.4. The number of ether oxygens (including phenoxy) is 1. The second-order valence-corrected chi connectivity index (χ2v) is 10.5. The van der Waals surface area contributed by atoms with Crippen LogP contribution in [0, 0.1) is 12.8 Å². The molecular formula is C25H32N4O3S. The van der Waals surface area contributed by atoms with Crippen LogP contribution in [0.2, 0.25) is 0 Å². The van der Waals surface area contributed by atoms with Gasteiger partial charge in [-0.15, -0.1) is 11.8 Å². The second-order valence-electron chi connectivity index (χ2n) is 9.41. The third-order valence-electron chi connectivity index (χ3n) is 7.03. The maximum atomic E-state index is 12.5. The standard InChI is InChI=1S/C25H32N4O3S/c1-4-32-25(30)17-9-16-10-20(26)24(15(3)23(16)29(11-17)18-5-6-18)28-8-7-21-19(12-28)22(27-31)14(2)13-33-21/h10-11,14,18,31H,4-9,12-13,26H2,1-3H3/b27-22+. The van der Waals surface area contributed by atoms with Crippen LogP contribution in [-0.4, -0.2) is 48.4 Å². The number of rotatable bonds is 4. The molecule has 3 aliphatic heterocycles. The Hall–Kier alpha value is -2.61. The average Bonchev–Trinajstić information content (AvgIpc) is 3.63. The van der Waals surface area contributed by atoms with Crippen molar-refractivity contribution >= 4 is 40.5 Å². The Bertz CT molecular complexity index is 1090. The van der Waals surface area contributed by atoms with Crippen molar-refractivity contribution in [2.75, 3.05) is 41.0 Å². The first kappa shape index (κ1) is 22.2. The van der Waals surface area contributed by atoms with E-state index in [1.54, 1.807) is 0 Å². The van der Waals surface area contributed by atoms with Gasteiger partial charge in [-0.1, -0.05) is 12.1 Å². The van der Waals surface area contributed by atoms with Gasteiger partial charge in [0.2, 0.25) is 0 Å². The van der Waals surface area contributed by atoms with Crippen molar-refractivity contribution in [3.63, 3.8) is 0 Å². The van der Waals surface area contributed by atoms with E-state index in [4.69, 9.17) is 10.5 Å². The van der Waals surface area contributed by atoms with Gasteiger partial charge in [0.05, 0.1) is 29.3 Å². The van der Waals surface area contributed by atoms with Gasteiger partial charge in [-0.2, -0.15) is 0 Å². The van der Waals surface area contributed by atoms with E-state index in [0.717, 1.165) is 65.3 Å². The highest BCUT2D eigenvalue weighted by atomic mass is 32.2. The molecule has 7 nitrogen and oxygen atoms in total. The zero-order valence-electron chi connectivity index (χ0n) is 19.6. The summed E-state index contributed by atoms with van der Waals surface area (Å²) in [5.74, 6) is 0.950. The number of anilines is 3. The smallest absolute Gasteiger partial charge is 0.335 e. The van der Waals surface area contributed by atoms with Crippen LogP contribution in [-0.2, 0) is 16.0 Å². The molecule has 5 rings (SSSR count). The Morgan fingerprint density at radius 3 is 2.85 bits per heavy atom. The molecule has 0 radical (unpaired) electrons. The topological polar surface area (TPSA) is 91.4 Å². The molecular weight excluding hydrogens is 436 g/mol. The number of nitrogens with two attached hydrogens (primary N) is 1. The first-order chi connectivity index (χ1) is 15.9. The summed E-state index contributed by atoms with van der Waals surface area (Å²) in [5.41, 5.74) is 14.5. The van der Waals surface area contributed by atoms with Crippen LogP contribution in [0.5, 0.6) is 0 Å². The van der Waals surface area contributed by atoms with Crippen molar-refractivity contribution in [3.8, 4) is 0 Å². The monoisotopic (exact) mass is 468 g/mol. The van der Waals surface area contributed by atoms with E-state index in [-0.39, 0.29) is 11.9 Å². The van der Waals surface area contributed by atoms with Crippen molar-refractivity contribution < 1.29 is 14.7 Å². The number of hydrogen-bond donors (Lipinski definition) is 2. The lowest BCUT2D eigenvalue weighted by Crippen LogP contribution is -2.38. The van der Waals surface area contributed by atoms with Gasteiger partial charge in [0.25, 0.3) is 0 Å². The largest absolute Gasteiger partial charge is 0.463 e. The number of carbonyl (C=O) groups excluding carboxylic acids is 1. The third-order valence-corrected chi connectivity index (χ3v) is 8.50. The number of benzene rings is 1. The number of nitrogen functional groups attached to an aromatic ring is 1. The highest BCUT2D eigenvalue weighted by molar-refractivity contribution is 8.03. The average molecular weight is 469 g/mol. The molecule has 0 amide bonds. The minimum atomic E-state index is -0.246. The van der Waals surface area contributed by atoms with Gasteiger partial charge >= 0.3 is 5.97 Å². The number of thioether (sulfide) groups is 1. The lowest BCUT2D eigenvalue weighted by Gasteiger charge is -2.39. The maximum absolute atomic E-state index is 12.5. The lowest BCUT2D eigenvalue weighted by molar-refractivity contribution is -0.138. The van der Waals surface area contributed by atoms with Crippen LogP contribution in [0.15, 0.2) is 33.5 Å². The van der Waals surface area contributed by atoms with Crippen molar-refractivity contribution in [1.82, 2.24) is 0 Å². The number of esters is 1. The Balaban J connectivity index is 1.52. The third kappa shape index (κ3) is 3.88. The van der Waals surface area contributed by atoms with Crippen molar-refractivity contribution in [1.29, 1.82) is 0 Å². The molecule has 1 aliphatic carbocycles. The molecule has 3 heterocycles. The number of oxime groups is 1. The van der Waals surface area contributed by atoms with E-state index in [0.29, 0.717) is 31.2 Å². The molecule has 0 bridgehead atoms. The molecule has 1 saturated carbocycles. The summed E-state index contributed by atoms with van der Waals surface area (Å²) in [6, 6.07) is 2.46. The number of fused-ring (bicyclic) bond motifs is 1. The summed E-state index contributed by atoms with van der Waals surface area (Å²) in [7, 11) is 0. The minimum Gasteiger partial charge on any atom is -0.463 e. The van der Waals surface area contributed by atoms with E-state index in [2.05, 4.69) is 28.8 Å². The summed E-state index contributed by atoms with van der Waals surface area (Å²) in [6.45, 7) is 8.05. The Morgan fingerprint density at radius 1 is 1.36 bits per heavy atom. The Kier molecular flexibility index (Phi) is 5.80. The van der Waals surface area contributed by atoms with Gasteiger partial charge < -0.3 is 25.5 Å². The fourth-order valence-corrected chi connectivity index (χ4v) is 6.55. The highest BCUT2D eigenvalue weighted by Crippen LogP contribution is 2.47. The summed E-state index contributed by atoms with van der Waals surface area (Å²) in [4.78, 5) is 18.5. The van der Waals surface area contributed by atoms with Crippen LogP contribution in [0.3, 0.4) is 0 Å². The molecule has 8 heteroatoms. The van der Waals surface area contributed by atoms with Crippen molar-refractivity contribution in [2.24, 2.45) is 11.1 Å². The van der Waals surface area contributed by atoms with Crippen LogP contribution in [0.1, 0.15) is 44.2 Å². The Morgan fingerprint density at radius 2 is 2.15 bits per heavy atom. The number of nitrogens with zero attached hydrogens (tertiary/aromatic N) is 3. The minimum absolute atomic E-state index is 0.234. The van der Waals surface area contributed by atoms with E-state index < -0.39 is 0 Å². The van der Waals surface area contributed by atoms with Crippen LogP contribution in [0.25, 0.3) is 0 Å². The maximum Gasteiger partial charge on any atom is 0.335 e. The van der Waals surface area contributed by atoms with E-state index >= 15 is 0 Å². The summed E-state index contributed by atoms with van der Waals surface area (Å²) >= 11 is 1.89. The molecule has 0 spiro atoms. The molecule has 0 aromatic heterocycles. The predicted octanol–water partition coefficient (Wildman–Crippen LogP) is 4.23. The van der Waals surface area contributed by atoms with Gasteiger partial charge in [-0.25, -0.2) is 4.79 Å². The molecule has 1 unspecified atom stereocenters. The molecule has 0 saturated heterocycles. The molecule has 1 aromatic rings. The summed E-state index contributed by atoms with van der Waals surface area (Å²) in [5, 5.41) is 13.4. The van der Waals surface area contributed by atoms with E-state index in [1.165, 1.54) is 10.6 Å². The fourth-order valence-electron chi connectivity index (χ4n) is 5.36. The van der Waals surface area contributed by atoms with Crippen molar-refractivity contribution in [3.05, 3.63) is 39.4 Å². The summed E-state index contributed by atoms with van der Waals surface area (Å²) < 4.78 is 5.29. The Labute approximate surface area is 199 Å². The van der Waals surface area contributed by atoms with Crippen LogP contribution < -0.4 is 15.5 Å². The van der Waals surface area contributed by atoms with Gasteiger partial charge in [0.1, 0.15) is 0 Å². The van der Waals surface area contributed by atoms with Crippen LogP contribution >= 0.6 is 11.8 Å². The number of carbonyl (C=O) groups is 1. The molecule has 4 aliphatic rings. The quantitative estimate of drug-likeness (QED) is 0.296. The normalized spacial score (nSPS) is 23.9. The van der Waals surface area contributed by atoms with Crippen molar-refractivity contribution in [2.45, 2.75) is 52.5 Å². The molecule has 1 aromatic carbocycles. The first-order valence-corrected chi connectivity index (χ1v) is 12.8. The van der Waals surface area contributed by atoms with Gasteiger partial charge in [-0.3, -0.25) is 0 Å². The molecule has 3 N–H and O–H groups in total. The first-order valence-electron chi connectivity index (χ1n) is 11.8. The van der Waals surface area contributed by atoms with Gasteiger partial charge in [0, 0.05) is 54.7 Å². The second kappa shape index (κ2) is 8.63.